The predicted molar refractivity (Wildman–Crippen MR) is 81.6 cm³/mol. The fourth-order valence-electron chi connectivity index (χ4n) is 2.51. The molecule has 19 heavy (non-hydrogen) atoms. The Labute approximate surface area is 115 Å². The van der Waals surface area contributed by atoms with Gasteiger partial charge in [0, 0.05) is 11.6 Å². The minimum Gasteiger partial charge on any atom is -0.494 e. The van der Waals surface area contributed by atoms with Crippen LogP contribution in [0.4, 0.5) is 0 Å². The average molecular weight is 257 g/mol. The molecule has 0 radical (unpaired) electrons. The van der Waals surface area contributed by atoms with Crippen molar-refractivity contribution >= 4 is 10.8 Å². The Hall–Kier alpha value is -1.54. The van der Waals surface area contributed by atoms with Gasteiger partial charge in [0.1, 0.15) is 5.75 Å². The normalized spacial score (nSPS) is 12.6. The summed E-state index contributed by atoms with van der Waals surface area (Å²) in [5.74, 6) is 0.935. The first-order chi connectivity index (χ1) is 9.27. The van der Waals surface area contributed by atoms with Crippen molar-refractivity contribution in [3.8, 4) is 5.75 Å². The van der Waals surface area contributed by atoms with Crippen molar-refractivity contribution in [2.45, 2.75) is 39.2 Å². The molecule has 2 aromatic carbocycles. The lowest BCUT2D eigenvalue weighted by molar-refractivity contribution is 0.334. The monoisotopic (exact) mass is 257 g/mol. The van der Waals surface area contributed by atoms with Gasteiger partial charge in [0.25, 0.3) is 0 Å². The molecule has 0 bridgehead atoms. The van der Waals surface area contributed by atoms with Gasteiger partial charge in [-0.2, -0.15) is 0 Å². The number of ether oxygens (including phenoxy) is 1. The van der Waals surface area contributed by atoms with Crippen LogP contribution in [-0.4, -0.2) is 6.61 Å². The molecule has 0 aliphatic carbocycles. The van der Waals surface area contributed by atoms with Crippen molar-refractivity contribution in [2.75, 3.05) is 6.61 Å². The molecule has 0 heterocycles. The molecule has 2 nitrogen and oxygen atoms in total. The third-order valence-electron chi connectivity index (χ3n) is 3.47. The Kier molecular flexibility index (Phi) is 4.80. The highest BCUT2D eigenvalue weighted by Gasteiger charge is 2.15. The average Bonchev–Trinajstić information content (AvgIpc) is 2.45. The van der Waals surface area contributed by atoms with Gasteiger partial charge in [0.15, 0.2) is 0 Å². The maximum Gasteiger partial charge on any atom is 0.124 e. The Morgan fingerprint density at radius 3 is 2.63 bits per heavy atom. The maximum absolute atomic E-state index is 6.40. The van der Waals surface area contributed by atoms with Gasteiger partial charge >= 0.3 is 0 Å². The van der Waals surface area contributed by atoms with E-state index in [1.54, 1.807) is 0 Å². The number of hydrogen-bond donors (Lipinski definition) is 1. The molecular formula is C17H23NO. The standard InChI is InChI=1S/C17H23NO/c1-3-5-10-15(18)17-14-9-7-6-8-13(14)11-12-16(17)19-4-2/h6-9,11-12,15H,3-5,10,18H2,1-2H3/t15-/m1/s1. The second-order valence-corrected chi connectivity index (χ2v) is 4.88. The number of nitrogens with two attached hydrogens (primary N) is 1. The number of fused-ring (bicyclic) bond motifs is 1. The van der Waals surface area contributed by atoms with E-state index >= 15 is 0 Å². The van der Waals surface area contributed by atoms with Crippen LogP contribution in [0.15, 0.2) is 36.4 Å². The quantitative estimate of drug-likeness (QED) is 0.831. The molecule has 0 fully saturated rings. The van der Waals surface area contributed by atoms with E-state index in [1.165, 1.54) is 17.2 Å². The fourth-order valence-corrected chi connectivity index (χ4v) is 2.51. The second kappa shape index (κ2) is 6.58. The number of unbranched alkanes of at least 4 members (excludes halogenated alkanes) is 1. The number of hydrogen-bond acceptors (Lipinski definition) is 2. The summed E-state index contributed by atoms with van der Waals surface area (Å²) < 4.78 is 5.77. The van der Waals surface area contributed by atoms with Crippen LogP contribution in [0, 0.1) is 0 Å². The van der Waals surface area contributed by atoms with Gasteiger partial charge in [-0.15, -0.1) is 0 Å². The molecule has 0 saturated carbocycles. The van der Waals surface area contributed by atoms with E-state index < -0.39 is 0 Å². The molecule has 2 aromatic rings. The lowest BCUT2D eigenvalue weighted by Crippen LogP contribution is -2.12. The fraction of sp³-hybridized carbons (Fsp3) is 0.412. The van der Waals surface area contributed by atoms with Gasteiger partial charge in [0.2, 0.25) is 0 Å². The van der Waals surface area contributed by atoms with Crippen LogP contribution in [0.1, 0.15) is 44.7 Å². The summed E-state index contributed by atoms with van der Waals surface area (Å²) in [4.78, 5) is 0. The molecule has 0 saturated heterocycles. The van der Waals surface area contributed by atoms with Crippen molar-refractivity contribution in [2.24, 2.45) is 5.73 Å². The van der Waals surface area contributed by atoms with Crippen LogP contribution in [0.2, 0.25) is 0 Å². The highest BCUT2D eigenvalue weighted by Crippen LogP contribution is 2.34. The van der Waals surface area contributed by atoms with E-state index in [4.69, 9.17) is 10.5 Å². The molecular weight excluding hydrogens is 234 g/mol. The van der Waals surface area contributed by atoms with Gasteiger partial charge in [0.05, 0.1) is 6.61 Å². The molecule has 2 heteroatoms. The van der Waals surface area contributed by atoms with Gasteiger partial charge in [-0.25, -0.2) is 0 Å². The van der Waals surface area contributed by atoms with Crippen molar-refractivity contribution in [1.29, 1.82) is 0 Å². The SMILES string of the molecule is CCCC[C@@H](N)c1c(OCC)ccc2ccccc12. The Bertz CT molecular complexity index is 536. The molecule has 102 valence electrons. The van der Waals surface area contributed by atoms with Crippen molar-refractivity contribution in [3.05, 3.63) is 42.0 Å². The van der Waals surface area contributed by atoms with Gasteiger partial charge in [-0.3, -0.25) is 0 Å². The van der Waals surface area contributed by atoms with E-state index in [1.807, 2.05) is 13.0 Å². The smallest absolute Gasteiger partial charge is 0.124 e. The lowest BCUT2D eigenvalue weighted by atomic mass is 9.95. The largest absolute Gasteiger partial charge is 0.494 e. The van der Waals surface area contributed by atoms with E-state index in [0.717, 1.165) is 24.2 Å². The number of benzene rings is 2. The maximum atomic E-state index is 6.40. The van der Waals surface area contributed by atoms with E-state index in [9.17, 15) is 0 Å². The molecule has 0 aromatic heterocycles. The summed E-state index contributed by atoms with van der Waals surface area (Å²) in [6, 6.07) is 12.6. The molecule has 2 rings (SSSR count). The summed E-state index contributed by atoms with van der Waals surface area (Å²) in [5, 5.41) is 2.45. The summed E-state index contributed by atoms with van der Waals surface area (Å²) in [7, 11) is 0. The summed E-state index contributed by atoms with van der Waals surface area (Å²) in [5.41, 5.74) is 7.56. The highest BCUT2D eigenvalue weighted by molar-refractivity contribution is 5.88. The van der Waals surface area contributed by atoms with Gasteiger partial charge in [-0.05, 0) is 30.2 Å². The van der Waals surface area contributed by atoms with Crippen LogP contribution in [-0.2, 0) is 0 Å². The molecule has 0 aliphatic heterocycles. The first kappa shape index (κ1) is 13.9. The Morgan fingerprint density at radius 2 is 1.89 bits per heavy atom. The minimum absolute atomic E-state index is 0.0487. The van der Waals surface area contributed by atoms with Crippen LogP contribution in [0.5, 0.6) is 5.75 Å². The lowest BCUT2D eigenvalue weighted by Gasteiger charge is -2.19. The van der Waals surface area contributed by atoms with Crippen LogP contribution in [0.25, 0.3) is 10.8 Å². The first-order valence-corrected chi connectivity index (χ1v) is 7.18. The van der Waals surface area contributed by atoms with Crippen molar-refractivity contribution in [1.82, 2.24) is 0 Å². The van der Waals surface area contributed by atoms with E-state index in [0.29, 0.717) is 6.61 Å². The van der Waals surface area contributed by atoms with E-state index in [2.05, 4.69) is 37.3 Å². The van der Waals surface area contributed by atoms with Crippen molar-refractivity contribution in [3.63, 3.8) is 0 Å². The third-order valence-corrected chi connectivity index (χ3v) is 3.47. The Morgan fingerprint density at radius 1 is 1.11 bits per heavy atom. The van der Waals surface area contributed by atoms with Gasteiger partial charge in [-0.1, -0.05) is 50.1 Å². The van der Waals surface area contributed by atoms with Crippen molar-refractivity contribution < 1.29 is 4.74 Å². The zero-order chi connectivity index (χ0) is 13.7. The third kappa shape index (κ3) is 3.07. The van der Waals surface area contributed by atoms with Crippen LogP contribution in [0.3, 0.4) is 0 Å². The molecule has 0 aliphatic rings. The first-order valence-electron chi connectivity index (χ1n) is 7.18. The molecule has 0 unspecified atom stereocenters. The molecule has 0 spiro atoms. The van der Waals surface area contributed by atoms with E-state index in [-0.39, 0.29) is 6.04 Å². The molecule has 0 amide bonds. The molecule has 2 N–H and O–H groups in total. The van der Waals surface area contributed by atoms with Gasteiger partial charge < -0.3 is 10.5 Å². The zero-order valence-electron chi connectivity index (χ0n) is 11.9. The Balaban J connectivity index is 2.48. The minimum atomic E-state index is 0.0487. The van der Waals surface area contributed by atoms with Crippen LogP contribution < -0.4 is 10.5 Å². The van der Waals surface area contributed by atoms with Crippen LogP contribution >= 0.6 is 0 Å². The zero-order valence-corrected chi connectivity index (χ0v) is 11.9. The highest BCUT2D eigenvalue weighted by atomic mass is 16.5. The topological polar surface area (TPSA) is 35.2 Å². The number of rotatable bonds is 6. The second-order valence-electron chi connectivity index (χ2n) is 4.88. The summed E-state index contributed by atoms with van der Waals surface area (Å²) in [6.45, 7) is 4.88. The summed E-state index contributed by atoms with van der Waals surface area (Å²) in [6.07, 6.45) is 3.32. The summed E-state index contributed by atoms with van der Waals surface area (Å²) >= 11 is 0. The predicted octanol–water partition coefficient (Wildman–Crippen LogP) is 4.43. The molecule has 1 atom stereocenters.